The molecule has 0 saturated carbocycles. The molecule has 0 aliphatic rings. The van der Waals surface area contributed by atoms with Crippen LogP contribution in [0.4, 0.5) is 34.1 Å². The van der Waals surface area contributed by atoms with Gasteiger partial charge in [-0.2, -0.15) is 0 Å². The normalized spacial score (nSPS) is 11.6. The molecule has 0 aliphatic heterocycles. The number of hydrogen-bond donors (Lipinski definition) is 0. The number of anilines is 6. The Morgan fingerprint density at radius 3 is 1.70 bits per heavy atom. The summed E-state index contributed by atoms with van der Waals surface area (Å²) in [5.41, 5.74) is 11.7. The van der Waals surface area contributed by atoms with Gasteiger partial charge in [-0.25, -0.2) is 0 Å². The third kappa shape index (κ3) is 5.15. The molecule has 4 nitrogen and oxygen atoms in total. The zero-order valence-corrected chi connectivity index (χ0v) is 30.3. The third-order valence-electron chi connectivity index (χ3n) is 10.8. The first-order chi connectivity index (χ1) is 27.8. The maximum atomic E-state index is 7.27. The minimum absolute atomic E-state index is 0.794. The van der Waals surface area contributed by atoms with Crippen molar-refractivity contribution >= 4 is 88.8 Å². The first kappa shape index (κ1) is 31.9. The van der Waals surface area contributed by atoms with Crippen LogP contribution in [0.1, 0.15) is 0 Å². The predicted molar refractivity (Wildman–Crippen MR) is 233 cm³/mol. The smallest absolute Gasteiger partial charge is 0.161 e. The predicted octanol–water partition coefficient (Wildman–Crippen LogP) is 15.2. The maximum Gasteiger partial charge on any atom is 0.161 e. The van der Waals surface area contributed by atoms with Crippen molar-refractivity contribution in [2.75, 3.05) is 9.80 Å². The zero-order valence-electron chi connectivity index (χ0n) is 30.3. The molecule has 56 heavy (non-hydrogen) atoms. The van der Waals surface area contributed by atoms with Crippen LogP contribution in [0, 0.1) is 0 Å². The first-order valence-corrected chi connectivity index (χ1v) is 18.9. The Morgan fingerprint density at radius 2 is 0.893 bits per heavy atom. The average Bonchev–Trinajstić information content (AvgIpc) is 3.86. The van der Waals surface area contributed by atoms with Gasteiger partial charge in [0.25, 0.3) is 0 Å². The molecule has 11 rings (SSSR count). The fraction of sp³-hybridized carbons (Fsp3) is 0. The monoisotopic (exact) mass is 718 g/mol. The summed E-state index contributed by atoms with van der Waals surface area (Å²) in [6.07, 6.45) is 0. The highest BCUT2D eigenvalue weighted by atomic mass is 16.3. The molecule has 0 fully saturated rings. The van der Waals surface area contributed by atoms with Gasteiger partial charge in [0.2, 0.25) is 0 Å². The Balaban J connectivity index is 1.24. The molecule has 0 bridgehead atoms. The Morgan fingerprint density at radius 1 is 0.304 bits per heavy atom. The van der Waals surface area contributed by atoms with Crippen molar-refractivity contribution in [3.05, 3.63) is 206 Å². The molecule has 0 spiro atoms. The van der Waals surface area contributed by atoms with Crippen molar-refractivity contribution < 1.29 is 8.83 Å². The molecule has 0 N–H and O–H groups in total. The summed E-state index contributed by atoms with van der Waals surface area (Å²) in [6, 6.07) is 72.5. The van der Waals surface area contributed by atoms with Gasteiger partial charge in [-0.15, -0.1) is 0 Å². The van der Waals surface area contributed by atoms with Crippen molar-refractivity contribution in [2.24, 2.45) is 0 Å². The molecule has 4 heteroatoms. The number of nitrogens with zero attached hydrogens (tertiary/aromatic N) is 2. The summed E-state index contributed by atoms with van der Waals surface area (Å²) in [5.74, 6) is 0. The van der Waals surface area contributed by atoms with E-state index in [0.717, 1.165) is 94.3 Å². The highest BCUT2D eigenvalue weighted by molar-refractivity contribution is 6.23. The van der Waals surface area contributed by atoms with Crippen molar-refractivity contribution in [3.63, 3.8) is 0 Å². The van der Waals surface area contributed by atoms with E-state index >= 15 is 0 Å². The van der Waals surface area contributed by atoms with Crippen molar-refractivity contribution in [2.45, 2.75) is 0 Å². The average molecular weight is 719 g/mol. The largest absolute Gasteiger partial charge is 0.456 e. The summed E-state index contributed by atoms with van der Waals surface area (Å²) >= 11 is 0. The Bertz CT molecular complexity index is 3200. The summed E-state index contributed by atoms with van der Waals surface area (Å²) in [4.78, 5) is 4.68. The Kier molecular flexibility index (Phi) is 7.46. The van der Waals surface area contributed by atoms with Gasteiger partial charge in [0.05, 0.1) is 27.8 Å². The standard InChI is InChI=1S/C52H34N2O2/c1-4-16-35(17-5-1)37-19-14-24-40(34-37)53(38-20-6-2-7-21-38)45-32-33-46(52-50(45)43-31-30-36-18-10-11-25-41(36)51(43)56-52)54(39-22-8-3-9-23-39)44-27-15-29-48-49(44)42-26-12-13-28-47(42)55-48/h1-34H. The lowest BCUT2D eigenvalue weighted by atomic mass is 10.0. The van der Waals surface area contributed by atoms with Gasteiger partial charge in [0.15, 0.2) is 5.58 Å². The SMILES string of the molecule is c1ccc(-c2cccc(N(c3ccccc3)c3ccc(N(c4ccccc4)c4cccc5oc6ccccc6c45)c4oc5c6ccccc6ccc5c34)c2)cc1. The van der Waals surface area contributed by atoms with Crippen LogP contribution >= 0.6 is 0 Å². The van der Waals surface area contributed by atoms with Gasteiger partial charge >= 0.3 is 0 Å². The number of furan rings is 2. The lowest BCUT2D eigenvalue weighted by Crippen LogP contribution is -2.13. The number of rotatable bonds is 7. The highest BCUT2D eigenvalue weighted by Gasteiger charge is 2.27. The van der Waals surface area contributed by atoms with E-state index in [2.05, 4.69) is 204 Å². The second-order valence-corrected chi connectivity index (χ2v) is 14.1. The zero-order chi connectivity index (χ0) is 37.0. The maximum absolute atomic E-state index is 7.27. The van der Waals surface area contributed by atoms with Crippen LogP contribution in [0.3, 0.4) is 0 Å². The van der Waals surface area contributed by atoms with E-state index in [1.807, 2.05) is 12.1 Å². The number of hydrogen-bond acceptors (Lipinski definition) is 4. The van der Waals surface area contributed by atoms with Crippen LogP contribution in [0.5, 0.6) is 0 Å². The molecule has 0 radical (unpaired) electrons. The summed E-state index contributed by atoms with van der Waals surface area (Å²) in [5, 5.41) is 6.40. The number of fused-ring (bicyclic) bond motifs is 8. The summed E-state index contributed by atoms with van der Waals surface area (Å²) < 4.78 is 13.7. The van der Waals surface area contributed by atoms with Crippen LogP contribution in [-0.2, 0) is 0 Å². The lowest BCUT2D eigenvalue weighted by molar-refractivity contribution is 0.668. The van der Waals surface area contributed by atoms with E-state index in [9.17, 15) is 0 Å². The highest BCUT2D eigenvalue weighted by Crippen LogP contribution is 2.51. The van der Waals surface area contributed by atoms with Crippen LogP contribution in [0.2, 0.25) is 0 Å². The van der Waals surface area contributed by atoms with E-state index in [0.29, 0.717) is 0 Å². The summed E-state index contributed by atoms with van der Waals surface area (Å²) in [6.45, 7) is 0. The molecular formula is C52H34N2O2. The van der Waals surface area contributed by atoms with Gasteiger partial charge in [-0.3, -0.25) is 0 Å². The van der Waals surface area contributed by atoms with Crippen molar-refractivity contribution in [1.82, 2.24) is 0 Å². The molecule has 2 aromatic heterocycles. The van der Waals surface area contributed by atoms with E-state index in [1.165, 1.54) is 5.56 Å². The van der Waals surface area contributed by atoms with Crippen LogP contribution in [-0.4, -0.2) is 0 Å². The lowest BCUT2D eigenvalue weighted by Gasteiger charge is -2.29. The summed E-state index contributed by atoms with van der Waals surface area (Å²) in [7, 11) is 0. The van der Waals surface area contributed by atoms with E-state index in [1.54, 1.807) is 0 Å². The van der Waals surface area contributed by atoms with Crippen LogP contribution < -0.4 is 9.80 Å². The number of para-hydroxylation sites is 3. The Labute approximate surface area is 323 Å². The minimum atomic E-state index is 0.794. The van der Waals surface area contributed by atoms with Gasteiger partial charge in [0.1, 0.15) is 16.7 Å². The van der Waals surface area contributed by atoms with Gasteiger partial charge in [-0.1, -0.05) is 133 Å². The van der Waals surface area contributed by atoms with Crippen LogP contribution in [0.15, 0.2) is 215 Å². The second kappa shape index (κ2) is 13.1. The van der Waals surface area contributed by atoms with Crippen LogP contribution in [0.25, 0.3) is 65.8 Å². The van der Waals surface area contributed by atoms with Gasteiger partial charge in [0, 0.05) is 33.2 Å². The molecule has 2 heterocycles. The minimum Gasteiger partial charge on any atom is -0.456 e. The molecule has 0 aliphatic carbocycles. The quantitative estimate of drug-likeness (QED) is 0.164. The third-order valence-corrected chi connectivity index (χ3v) is 10.8. The molecule has 0 saturated heterocycles. The fourth-order valence-electron chi connectivity index (χ4n) is 8.33. The van der Waals surface area contributed by atoms with Crippen molar-refractivity contribution in [3.8, 4) is 11.1 Å². The second-order valence-electron chi connectivity index (χ2n) is 14.1. The van der Waals surface area contributed by atoms with E-state index in [4.69, 9.17) is 8.83 Å². The first-order valence-electron chi connectivity index (χ1n) is 18.9. The molecule has 9 aromatic carbocycles. The van der Waals surface area contributed by atoms with E-state index in [-0.39, 0.29) is 0 Å². The molecule has 0 amide bonds. The molecule has 0 atom stereocenters. The fourth-order valence-corrected chi connectivity index (χ4v) is 8.33. The van der Waals surface area contributed by atoms with E-state index < -0.39 is 0 Å². The molecule has 11 aromatic rings. The van der Waals surface area contributed by atoms with Gasteiger partial charge < -0.3 is 18.6 Å². The van der Waals surface area contributed by atoms with Gasteiger partial charge in [-0.05, 0) is 89.3 Å². The van der Waals surface area contributed by atoms with Crippen molar-refractivity contribution in [1.29, 1.82) is 0 Å². The Hall–Kier alpha value is -7.56. The molecule has 264 valence electrons. The topological polar surface area (TPSA) is 32.8 Å². The molecule has 0 unspecified atom stereocenters. The number of benzene rings is 9. The molecular weight excluding hydrogens is 685 g/mol.